The Bertz CT molecular complexity index is 959. The SMILES string of the molecule is CC(C)c1ccc(C2CC(=O)Nc3c(-c4cccc(F)c4)csc32)cc1. The van der Waals surface area contributed by atoms with Crippen LogP contribution in [0.1, 0.15) is 48.1 Å². The first-order valence-corrected chi connectivity index (χ1v) is 9.68. The van der Waals surface area contributed by atoms with Crippen LogP contribution >= 0.6 is 11.3 Å². The van der Waals surface area contributed by atoms with E-state index in [9.17, 15) is 9.18 Å². The number of carbonyl (C=O) groups excluding carboxylic acids is 1. The maximum atomic E-state index is 13.6. The maximum Gasteiger partial charge on any atom is 0.225 e. The maximum absolute atomic E-state index is 13.6. The van der Waals surface area contributed by atoms with E-state index in [4.69, 9.17) is 0 Å². The average molecular weight is 365 g/mol. The van der Waals surface area contributed by atoms with Crippen LogP contribution in [0, 0.1) is 5.82 Å². The molecule has 1 aliphatic heterocycles. The van der Waals surface area contributed by atoms with Crippen LogP contribution in [-0.2, 0) is 4.79 Å². The van der Waals surface area contributed by atoms with E-state index in [0.29, 0.717) is 12.3 Å². The number of benzene rings is 2. The first kappa shape index (κ1) is 17.0. The molecule has 4 heteroatoms. The van der Waals surface area contributed by atoms with Crippen molar-refractivity contribution in [3.8, 4) is 11.1 Å². The Morgan fingerprint density at radius 3 is 2.62 bits per heavy atom. The molecule has 2 nitrogen and oxygen atoms in total. The zero-order valence-corrected chi connectivity index (χ0v) is 15.6. The molecule has 0 fully saturated rings. The summed E-state index contributed by atoms with van der Waals surface area (Å²) in [6, 6.07) is 15.1. The number of hydrogen-bond acceptors (Lipinski definition) is 2. The highest BCUT2D eigenvalue weighted by Crippen LogP contribution is 2.46. The Morgan fingerprint density at radius 1 is 1.15 bits per heavy atom. The van der Waals surface area contributed by atoms with E-state index in [1.54, 1.807) is 17.4 Å². The molecule has 1 aromatic heterocycles. The van der Waals surface area contributed by atoms with E-state index in [2.05, 4.69) is 43.4 Å². The van der Waals surface area contributed by atoms with Crippen LogP contribution in [-0.4, -0.2) is 5.91 Å². The molecule has 1 unspecified atom stereocenters. The first-order valence-electron chi connectivity index (χ1n) is 8.80. The summed E-state index contributed by atoms with van der Waals surface area (Å²) in [5, 5.41) is 5.02. The van der Waals surface area contributed by atoms with Gasteiger partial charge in [0.15, 0.2) is 0 Å². The summed E-state index contributed by atoms with van der Waals surface area (Å²) in [6.45, 7) is 4.34. The second kappa shape index (κ2) is 6.69. The van der Waals surface area contributed by atoms with Gasteiger partial charge in [-0.25, -0.2) is 4.39 Å². The zero-order valence-electron chi connectivity index (χ0n) is 14.8. The molecular weight excluding hydrogens is 345 g/mol. The minimum atomic E-state index is -0.273. The Morgan fingerprint density at radius 2 is 1.92 bits per heavy atom. The smallest absolute Gasteiger partial charge is 0.225 e. The van der Waals surface area contributed by atoms with E-state index in [1.807, 2.05) is 11.4 Å². The highest BCUT2D eigenvalue weighted by atomic mass is 32.1. The standard InChI is InChI=1S/C22H20FNOS/c1-13(2)14-6-8-15(9-7-14)18-11-20(25)24-21-19(12-26-22(18)21)16-4-3-5-17(23)10-16/h3-10,12-13,18H,11H2,1-2H3,(H,24,25). The molecule has 1 aliphatic rings. The third-order valence-corrected chi connectivity index (χ3v) is 6.03. The topological polar surface area (TPSA) is 29.1 Å². The van der Waals surface area contributed by atoms with Crippen molar-refractivity contribution in [2.75, 3.05) is 5.32 Å². The van der Waals surface area contributed by atoms with E-state index < -0.39 is 0 Å². The monoisotopic (exact) mass is 365 g/mol. The molecular formula is C22H20FNOS. The van der Waals surface area contributed by atoms with Crippen molar-refractivity contribution in [3.63, 3.8) is 0 Å². The Balaban J connectivity index is 1.76. The summed E-state index contributed by atoms with van der Waals surface area (Å²) >= 11 is 1.63. The molecule has 2 aromatic carbocycles. The lowest BCUT2D eigenvalue weighted by molar-refractivity contribution is -0.116. The van der Waals surface area contributed by atoms with Gasteiger partial charge < -0.3 is 5.32 Å². The number of nitrogens with one attached hydrogen (secondary N) is 1. The fourth-order valence-electron chi connectivity index (χ4n) is 3.48. The van der Waals surface area contributed by atoms with Crippen LogP contribution in [0.25, 0.3) is 11.1 Å². The molecule has 0 saturated heterocycles. The molecule has 1 atom stereocenters. The third kappa shape index (κ3) is 3.06. The van der Waals surface area contributed by atoms with Gasteiger partial charge in [-0.05, 0) is 34.7 Å². The quantitative estimate of drug-likeness (QED) is 0.592. The van der Waals surface area contributed by atoms with E-state index in [-0.39, 0.29) is 17.6 Å². The van der Waals surface area contributed by atoms with Gasteiger partial charge in [-0.2, -0.15) is 0 Å². The van der Waals surface area contributed by atoms with Crippen LogP contribution in [0.15, 0.2) is 53.9 Å². The van der Waals surface area contributed by atoms with Gasteiger partial charge in [-0.3, -0.25) is 4.79 Å². The largest absolute Gasteiger partial charge is 0.325 e. The number of anilines is 1. The fourth-order valence-corrected chi connectivity index (χ4v) is 4.64. The van der Waals surface area contributed by atoms with Crippen LogP contribution in [0.4, 0.5) is 10.1 Å². The van der Waals surface area contributed by atoms with Crippen molar-refractivity contribution >= 4 is 22.9 Å². The van der Waals surface area contributed by atoms with Gasteiger partial charge in [-0.15, -0.1) is 11.3 Å². The van der Waals surface area contributed by atoms with Gasteiger partial charge in [0.25, 0.3) is 0 Å². The molecule has 0 spiro atoms. The molecule has 0 aliphatic carbocycles. The average Bonchev–Trinajstić information content (AvgIpc) is 3.05. The number of amides is 1. The van der Waals surface area contributed by atoms with Crippen molar-refractivity contribution in [2.24, 2.45) is 0 Å². The van der Waals surface area contributed by atoms with E-state index >= 15 is 0 Å². The molecule has 0 radical (unpaired) electrons. The zero-order chi connectivity index (χ0) is 18.3. The lowest BCUT2D eigenvalue weighted by Gasteiger charge is -2.24. The molecule has 132 valence electrons. The van der Waals surface area contributed by atoms with Gasteiger partial charge in [0.1, 0.15) is 5.82 Å². The molecule has 0 bridgehead atoms. The number of rotatable bonds is 3. The Labute approximate surface area is 156 Å². The minimum absolute atomic E-state index is 0.00601. The minimum Gasteiger partial charge on any atom is -0.325 e. The number of fused-ring (bicyclic) bond motifs is 1. The number of carbonyl (C=O) groups is 1. The summed E-state index contributed by atoms with van der Waals surface area (Å²) in [4.78, 5) is 13.5. The van der Waals surface area contributed by atoms with Gasteiger partial charge in [-0.1, -0.05) is 50.2 Å². The summed E-state index contributed by atoms with van der Waals surface area (Å²) in [5.41, 5.74) is 4.95. The van der Waals surface area contributed by atoms with Crippen LogP contribution < -0.4 is 5.32 Å². The van der Waals surface area contributed by atoms with Crippen LogP contribution in [0.3, 0.4) is 0 Å². The predicted octanol–water partition coefficient (Wildman–Crippen LogP) is 6.15. The number of hydrogen-bond donors (Lipinski definition) is 1. The van der Waals surface area contributed by atoms with Crippen molar-refractivity contribution in [3.05, 3.63) is 75.7 Å². The van der Waals surface area contributed by atoms with Crippen LogP contribution in [0.5, 0.6) is 0 Å². The fraction of sp³-hybridized carbons (Fsp3) is 0.227. The van der Waals surface area contributed by atoms with Gasteiger partial charge >= 0.3 is 0 Å². The van der Waals surface area contributed by atoms with Crippen molar-refractivity contribution < 1.29 is 9.18 Å². The predicted molar refractivity (Wildman–Crippen MR) is 105 cm³/mol. The first-order chi connectivity index (χ1) is 12.5. The summed E-state index contributed by atoms with van der Waals surface area (Å²) in [7, 11) is 0. The lowest BCUT2D eigenvalue weighted by Crippen LogP contribution is -2.22. The third-order valence-electron chi connectivity index (χ3n) is 4.93. The van der Waals surface area contributed by atoms with Crippen LogP contribution in [0.2, 0.25) is 0 Å². The van der Waals surface area contributed by atoms with Crippen molar-refractivity contribution in [1.29, 1.82) is 0 Å². The normalized spacial score (nSPS) is 16.5. The highest BCUT2D eigenvalue weighted by Gasteiger charge is 2.30. The molecule has 0 saturated carbocycles. The molecule has 2 heterocycles. The molecule has 1 amide bonds. The lowest BCUT2D eigenvalue weighted by atomic mass is 9.88. The molecule has 4 rings (SSSR count). The summed E-state index contributed by atoms with van der Waals surface area (Å²) in [6.07, 6.45) is 0.442. The van der Waals surface area contributed by atoms with E-state index in [1.165, 1.54) is 17.7 Å². The van der Waals surface area contributed by atoms with Crippen molar-refractivity contribution in [2.45, 2.75) is 32.1 Å². The highest BCUT2D eigenvalue weighted by molar-refractivity contribution is 7.11. The molecule has 26 heavy (non-hydrogen) atoms. The summed E-state index contributed by atoms with van der Waals surface area (Å²) < 4.78 is 13.6. The molecule has 3 aromatic rings. The van der Waals surface area contributed by atoms with Gasteiger partial charge in [0.05, 0.1) is 5.69 Å². The van der Waals surface area contributed by atoms with Gasteiger partial charge in [0, 0.05) is 28.2 Å². The van der Waals surface area contributed by atoms with Crippen molar-refractivity contribution in [1.82, 2.24) is 0 Å². The second-order valence-electron chi connectivity index (χ2n) is 7.03. The summed E-state index contributed by atoms with van der Waals surface area (Å²) in [5.74, 6) is 0.264. The number of thiophene rings is 1. The Hall–Kier alpha value is -2.46. The Kier molecular flexibility index (Phi) is 4.37. The second-order valence-corrected chi connectivity index (χ2v) is 7.94. The molecule has 1 N–H and O–H groups in total. The van der Waals surface area contributed by atoms with E-state index in [0.717, 1.165) is 27.3 Å². The van der Waals surface area contributed by atoms with Gasteiger partial charge in [0.2, 0.25) is 5.91 Å². The number of halogens is 1.